The minimum absolute atomic E-state index is 0.168. The van der Waals surface area contributed by atoms with Crippen molar-refractivity contribution in [2.45, 2.75) is 60.5 Å². The molecule has 33 heavy (non-hydrogen) atoms. The Hall–Kier alpha value is -2.24. The summed E-state index contributed by atoms with van der Waals surface area (Å²) in [6.45, 7) is 12.5. The van der Waals surface area contributed by atoms with Gasteiger partial charge in [0.15, 0.2) is 6.61 Å². The van der Waals surface area contributed by atoms with E-state index in [9.17, 15) is 9.59 Å². The highest BCUT2D eigenvalue weighted by Crippen LogP contribution is 2.25. The van der Waals surface area contributed by atoms with Crippen LogP contribution in [0.1, 0.15) is 49.4 Å². The van der Waals surface area contributed by atoms with Gasteiger partial charge >= 0.3 is 0 Å². The highest BCUT2D eigenvalue weighted by Gasteiger charge is 2.29. The molecule has 2 amide bonds. The summed E-state index contributed by atoms with van der Waals surface area (Å²) in [5, 5.41) is 3.79. The summed E-state index contributed by atoms with van der Waals surface area (Å²) >= 11 is 12.2. The highest BCUT2D eigenvalue weighted by molar-refractivity contribution is 6.42. The van der Waals surface area contributed by atoms with Gasteiger partial charge in [-0.2, -0.15) is 0 Å². The van der Waals surface area contributed by atoms with Gasteiger partial charge in [-0.25, -0.2) is 0 Å². The van der Waals surface area contributed by atoms with E-state index in [1.165, 1.54) is 0 Å². The van der Waals surface area contributed by atoms with Crippen LogP contribution in [0.5, 0.6) is 5.75 Å². The fourth-order valence-electron chi connectivity index (χ4n) is 3.55. The Kier molecular flexibility index (Phi) is 10.1. The van der Waals surface area contributed by atoms with Crippen molar-refractivity contribution in [3.05, 3.63) is 62.6 Å². The van der Waals surface area contributed by atoms with E-state index in [1.807, 2.05) is 53.7 Å². The number of benzene rings is 2. The molecule has 1 N–H and O–H groups in total. The Balaban J connectivity index is 2.28. The fourth-order valence-corrected chi connectivity index (χ4v) is 3.87. The lowest BCUT2D eigenvalue weighted by atomic mass is 10.1. The van der Waals surface area contributed by atoms with Crippen LogP contribution in [0.25, 0.3) is 0 Å². The standard InChI is InChI=1S/C26H34Cl2N2O3/c1-7-23(26(32)29-13-16(2)3)30(14-20-8-9-21(27)22(28)12-20)25(31)15-33-24-11-17(4)10-18(5)19(24)6/h8-12,16,23H,7,13-15H2,1-6H3,(H,29,32). The number of rotatable bonds is 10. The van der Waals surface area contributed by atoms with Gasteiger partial charge in [0, 0.05) is 13.1 Å². The van der Waals surface area contributed by atoms with E-state index in [0.29, 0.717) is 34.7 Å². The molecule has 0 aliphatic heterocycles. The average molecular weight is 493 g/mol. The summed E-state index contributed by atoms with van der Waals surface area (Å²) in [7, 11) is 0. The number of aryl methyl sites for hydroxylation is 2. The summed E-state index contributed by atoms with van der Waals surface area (Å²) < 4.78 is 5.92. The SMILES string of the molecule is CCC(C(=O)NCC(C)C)N(Cc1ccc(Cl)c(Cl)c1)C(=O)COc1cc(C)cc(C)c1C. The molecule has 0 bridgehead atoms. The number of amides is 2. The molecule has 0 heterocycles. The minimum Gasteiger partial charge on any atom is -0.483 e. The van der Waals surface area contributed by atoms with E-state index < -0.39 is 6.04 Å². The largest absolute Gasteiger partial charge is 0.483 e. The molecule has 1 atom stereocenters. The molecule has 1 unspecified atom stereocenters. The van der Waals surface area contributed by atoms with Crippen LogP contribution >= 0.6 is 23.2 Å². The predicted molar refractivity (Wildman–Crippen MR) is 135 cm³/mol. The van der Waals surface area contributed by atoms with Gasteiger partial charge in [0.05, 0.1) is 10.0 Å². The van der Waals surface area contributed by atoms with Crippen molar-refractivity contribution in [1.29, 1.82) is 0 Å². The molecule has 0 saturated carbocycles. The number of carbonyl (C=O) groups excluding carboxylic acids is 2. The molecular weight excluding hydrogens is 459 g/mol. The van der Waals surface area contributed by atoms with Crippen molar-refractivity contribution in [3.8, 4) is 5.75 Å². The number of nitrogens with zero attached hydrogens (tertiary/aromatic N) is 1. The van der Waals surface area contributed by atoms with Crippen molar-refractivity contribution in [2.75, 3.05) is 13.2 Å². The van der Waals surface area contributed by atoms with Crippen LogP contribution in [0, 0.1) is 26.7 Å². The topological polar surface area (TPSA) is 58.6 Å². The number of carbonyl (C=O) groups is 2. The second kappa shape index (κ2) is 12.3. The van der Waals surface area contributed by atoms with Crippen LogP contribution in [0.15, 0.2) is 30.3 Å². The second-order valence-corrected chi connectivity index (χ2v) is 9.64. The molecule has 0 aliphatic rings. The van der Waals surface area contributed by atoms with E-state index >= 15 is 0 Å². The van der Waals surface area contributed by atoms with Gasteiger partial charge in [-0.3, -0.25) is 9.59 Å². The van der Waals surface area contributed by atoms with E-state index in [4.69, 9.17) is 27.9 Å². The summed E-state index contributed by atoms with van der Waals surface area (Å²) in [4.78, 5) is 27.9. The smallest absolute Gasteiger partial charge is 0.261 e. The molecule has 7 heteroatoms. The Morgan fingerprint density at radius 2 is 1.76 bits per heavy atom. The summed E-state index contributed by atoms with van der Waals surface area (Å²) in [6.07, 6.45) is 0.472. The molecule has 0 aromatic heterocycles. The number of nitrogens with one attached hydrogen (secondary N) is 1. The van der Waals surface area contributed by atoms with Crippen molar-refractivity contribution >= 4 is 35.0 Å². The number of hydrogen-bond acceptors (Lipinski definition) is 3. The van der Waals surface area contributed by atoms with Gasteiger partial charge in [-0.15, -0.1) is 0 Å². The second-order valence-electron chi connectivity index (χ2n) is 8.83. The molecule has 5 nitrogen and oxygen atoms in total. The average Bonchev–Trinajstić information content (AvgIpc) is 2.75. The fraction of sp³-hybridized carbons (Fsp3) is 0.462. The zero-order valence-corrected chi connectivity index (χ0v) is 21.8. The lowest BCUT2D eigenvalue weighted by Gasteiger charge is -2.31. The van der Waals surface area contributed by atoms with Gasteiger partial charge in [-0.1, -0.05) is 56.1 Å². The number of ether oxygens (including phenoxy) is 1. The Bertz CT molecular complexity index is 992. The van der Waals surface area contributed by atoms with Gasteiger partial charge < -0.3 is 15.0 Å². The first-order valence-electron chi connectivity index (χ1n) is 11.2. The van der Waals surface area contributed by atoms with Crippen LogP contribution in [0.4, 0.5) is 0 Å². The molecule has 0 aliphatic carbocycles. The van der Waals surface area contributed by atoms with Crippen molar-refractivity contribution in [2.24, 2.45) is 5.92 Å². The van der Waals surface area contributed by atoms with Gasteiger partial charge in [-0.05, 0) is 73.6 Å². The van der Waals surface area contributed by atoms with E-state index in [1.54, 1.807) is 17.0 Å². The lowest BCUT2D eigenvalue weighted by Crippen LogP contribution is -2.50. The van der Waals surface area contributed by atoms with Crippen LogP contribution in [0.3, 0.4) is 0 Å². The summed E-state index contributed by atoms with van der Waals surface area (Å²) in [5.41, 5.74) is 3.94. The maximum Gasteiger partial charge on any atom is 0.261 e. The van der Waals surface area contributed by atoms with Crippen LogP contribution in [-0.4, -0.2) is 35.9 Å². The normalized spacial score (nSPS) is 11.9. The van der Waals surface area contributed by atoms with Gasteiger partial charge in [0.1, 0.15) is 11.8 Å². The summed E-state index contributed by atoms with van der Waals surface area (Å²) in [6, 6.07) is 8.59. The Labute approximate surface area is 207 Å². The van der Waals surface area contributed by atoms with Crippen LogP contribution in [0.2, 0.25) is 10.0 Å². The highest BCUT2D eigenvalue weighted by atomic mass is 35.5. The molecule has 0 saturated heterocycles. The maximum atomic E-state index is 13.4. The zero-order chi connectivity index (χ0) is 24.7. The monoisotopic (exact) mass is 492 g/mol. The maximum absolute atomic E-state index is 13.4. The Morgan fingerprint density at radius 3 is 2.36 bits per heavy atom. The van der Waals surface area contributed by atoms with E-state index in [2.05, 4.69) is 11.4 Å². The lowest BCUT2D eigenvalue weighted by molar-refractivity contribution is -0.143. The third-order valence-electron chi connectivity index (χ3n) is 5.52. The van der Waals surface area contributed by atoms with Gasteiger partial charge in [0.2, 0.25) is 5.91 Å². The van der Waals surface area contributed by atoms with Crippen molar-refractivity contribution in [1.82, 2.24) is 10.2 Å². The minimum atomic E-state index is -0.630. The molecule has 180 valence electrons. The van der Waals surface area contributed by atoms with Crippen molar-refractivity contribution < 1.29 is 14.3 Å². The van der Waals surface area contributed by atoms with Gasteiger partial charge in [0.25, 0.3) is 5.91 Å². The first kappa shape index (κ1) is 27.0. The first-order valence-corrected chi connectivity index (χ1v) is 12.0. The van der Waals surface area contributed by atoms with E-state index in [0.717, 1.165) is 22.3 Å². The van der Waals surface area contributed by atoms with Crippen LogP contribution < -0.4 is 10.1 Å². The quantitative estimate of drug-likeness (QED) is 0.450. The first-order chi connectivity index (χ1) is 15.5. The van der Waals surface area contributed by atoms with Crippen molar-refractivity contribution in [3.63, 3.8) is 0 Å². The molecule has 2 rings (SSSR count). The summed E-state index contributed by atoms with van der Waals surface area (Å²) in [5.74, 6) is 0.530. The molecule has 0 fully saturated rings. The molecule has 2 aromatic rings. The van der Waals surface area contributed by atoms with E-state index in [-0.39, 0.29) is 25.0 Å². The third kappa shape index (κ3) is 7.65. The molecule has 0 radical (unpaired) electrons. The Morgan fingerprint density at radius 1 is 1.06 bits per heavy atom. The third-order valence-corrected chi connectivity index (χ3v) is 6.26. The number of halogens is 2. The van der Waals surface area contributed by atoms with Crippen LogP contribution in [-0.2, 0) is 16.1 Å². The molecule has 0 spiro atoms. The predicted octanol–water partition coefficient (Wildman–Crippen LogP) is 5.88. The molecule has 2 aromatic carbocycles. The zero-order valence-electron chi connectivity index (χ0n) is 20.3. The molecular formula is C26H34Cl2N2O3. The number of hydrogen-bond donors (Lipinski definition) is 1.